The van der Waals surface area contributed by atoms with E-state index < -0.39 is 15.8 Å². The molecule has 0 spiro atoms. The number of nitrogens with zero attached hydrogens (tertiary/aromatic N) is 1. The van der Waals surface area contributed by atoms with Gasteiger partial charge in [-0.25, -0.2) is 12.8 Å². The summed E-state index contributed by atoms with van der Waals surface area (Å²) >= 11 is 0. The summed E-state index contributed by atoms with van der Waals surface area (Å²) in [6.07, 6.45) is 0. The molecule has 7 heteroatoms. The molecule has 0 saturated carbocycles. The minimum atomic E-state index is -3.86. The molecule has 2 rings (SSSR count). The average Bonchev–Trinajstić information content (AvgIpc) is 2.47. The Morgan fingerprint density at radius 3 is 2.43 bits per heavy atom. The number of rotatable bonds is 4. The number of ether oxygens (including phenoxy) is 1. The molecule has 108 valence electrons. The van der Waals surface area contributed by atoms with Crippen molar-refractivity contribution in [2.45, 2.75) is 4.90 Å². The van der Waals surface area contributed by atoms with Crippen molar-refractivity contribution in [3.8, 4) is 11.8 Å². The Balaban J connectivity index is 2.37. The Hall–Kier alpha value is -2.59. The molecule has 2 aromatic carbocycles. The standard InChI is InChI=1S/C14H11FN2O3S/c1-20-14-8-10(9-16)2-7-13(14)17-21(18,19)12-5-3-11(15)4-6-12/h2-8,17H,1H3. The third kappa shape index (κ3) is 3.30. The van der Waals surface area contributed by atoms with Gasteiger partial charge in [0.05, 0.1) is 29.3 Å². The van der Waals surface area contributed by atoms with Crippen molar-refractivity contribution < 1.29 is 17.5 Å². The lowest BCUT2D eigenvalue weighted by molar-refractivity contribution is 0.416. The van der Waals surface area contributed by atoms with E-state index >= 15 is 0 Å². The van der Waals surface area contributed by atoms with Crippen LogP contribution in [0.2, 0.25) is 0 Å². The van der Waals surface area contributed by atoms with E-state index in [-0.39, 0.29) is 16.3 Å². The molecule has 0 heterocycles. The number of hydrogen-bond acceptors (Lipinski definition) is 4. The predicted molar refractivity (Wildman–Crippen MR) is 74.9 cm³/mol. The fourth-order valence-electron chi connectivity index (χ4n) is 1.66. The summed E-state index contributed by atoms with van der Waals surface area (Å²) in [6, 6.07) is 10.7. The number of nitriles is 1. The van der Waals surface area contributed by atoms with E-state index in [2.05, 4.69) is 4.72 Å². The maximum atomic E-state index is 12.8. The summed E-state index contributed by atoms with van der Waals surface area (Å²) in [4.78, 5) is -0.0738. The summed E-state index contributed by atoms with van der Waals surface area (Å²) in [7, 11) is -2.49. The van der Waals surface area contributed by atoms with Crippen LogP contribution in [-0.4, -0.2) is 15.5 Å². The molecular formula is C14H11FN2O3S. The molecule has 0 radical (unpaired) electrons. The van der Waals surface area contributed by atoms with Crippen molar-refractivity contribution in [1.29, 1.82) is 5.26 Å². The Bertz CT molecular complexity index is 796. The van der Waals surface area contributed by atoms with Crippen LogP contribution < -0.4 is 9.46 Å². The molecule has 0 atom stereocenters. The van der Waals surface area contributed by atoms with Gasteiger partial charge in [0.2, 0.25) is 0 Å². The van der Waals surface area contributed by atoms with Gasteiger partial charge in [0.15, 0.2) is 0 Å². The largest absolute Gasteiger partial charge is 0.495 e. The average molecular weight is 306 g/mol. The number of anilines is 1. The number of halogens is 1. The molecule has 0 fully saturated rings. The van der Waals surface area contributed by atoms with Crippen LogP contribution in [0, 0.1) is 17.1 Å². The molecule has 0 amide bonds. The Labute approximate surface area is 121 Å². The number of methoxy groups -OCH3 is 1. The van der Waals surface area contributed by atoms with Gasteiger partial charge in [-0.05, 0) is 36.4 Å². The normalized spacial score (nSPS) is 10.7. The van der Waals surface area contributed by atoms with Gasteiger partial charge in [-0.1, -0.05) is 0 Å². The molecule has 1 N–H and O–H groups in total. The second-order valence-corrected chi connectivity index (χ2v) is 5.77. The summed E-state index contributed by atoms with van der Waals surface area (Å²) in [5.74, 6) is -0.301. The first-order valence-electron chi connectivity index (χ1n) is 5.83. The predicted octanol–water partition coefficient (Wildman–Crippen LogP) is 2.51. The maximum Gasteiger partial charge on any atom is 0.262 e. The lowest BCUT2D eigenvalue weighted by Crippen LogP contribution is -2.13. The molecule has 0 aromatic heterocycles. The van der Waals surface area contributed by atoms with Crippen LogP contribution in [0.25, 0.3) is 0 Å². The first kappa shape index (κ1) is 14.8. The number of hydrogen-bond donors (Lipinski definition) is 1. The van der Waals surface area contributed by atoms with Gasteiger partial charge in [0.25, 0.3) is 10.0 Å². The van der Waals surface area contributed by atoms with Crippen LogP contribution in [0.1, 0.15) is 5.56 Å². The van der Waals surface area contributed by atoms with Crippen LogP contribution >= 0.6 is 0 Å². The third-order valence-corrected chi connectivity index (χ3v) is 4.08. The molecule has 0 aliphatic carbocycles. The summed E-state index contributed by atoms with van der Waals surface area (Å²) in [6.45, 7) is 0. The van der Waals surface area contributed by atoms with E-state index in [1.165, 1.54) is 25.3 Å². The van der Waals surface area contributed by atoms with E-state index in [0.717, 1.165) is 24.3 Å². The van der Waals surface area contributed by atoms with Crippen molar-refractivity contribution >= 4 is 15.7 Å². The van der Waals surface area contributed by atoms with Crippen molar-refractivity contribution in [1.82, 2.24) is 0 Å². The minimum absolute atomic E-state index is 0.0738. The maximum absolute atomic E-state index is 12.8. The fourth-order valence-corrected chi connectivity index (χ4v) is 2.73. The summed E-state index contributed by atoms with van der Waals surface area (Å²) < 4.78 is 44.6. The first-order chi connectivity index (χ1) is 9.96. The van der Waals surface area contributed by atoms with Crippen molar-refractivity contribution in [3.63, 3.8) is 0 Å². The highest BCUT2D eigenvalue weighted by Gasteiger charge is 2.16. The van der Waals surface area contributed by atoms with E-state index in [1.807, 2.05) is 6.07 Å². The van der Waals surface area contributed by atoms with Crippen molar-refractivity contribution in [3.05, 3.63) is 53.8 Å². The molecule has 0 aliphatic heterocycles. The molecule has 0 bridgehead atoms. The second-order valence-electron chi connectivity index (χ2n) is 4.09. The van der Waals surface area contributed by atoms with Gasteiger partial charge >= 0.3 is 0 Å². The van der Waals surface area contributed by atoms with Crippen LogP contribution in [0.15, 0.2) is 47.4 Å². The lowest BCUT2D eigenvalue weighted by Gasteiger charge is -2.12. The molecule has 5 nitrogen and oxygen atoms in total. The highest BCUT2D eigenvalue weighted by molar-refractivity contribution is 7.92. The summed E-state index contributed by atoms with van der Waals surface area (Å²) in [5, 5.41) is 8.81. The van der Waals surface area contributed by atoms with Gasteiger partial charge in [0, 0.05) is 6.07 Å². The molecule has 0 aliphatic rings. The summed E-state index contributed by atoms with van der Waals surface area (Å²) in [5.41, 5.74) is 0.539. The Morgan fingerprint density at radius 2 is 1.86 bits per heavy atom. The zero-order valence-corrected chi connectivity index (χ0v) is 11.8. The quantitative estimate of drug-likeness (QED) is 0.941. The zero-order chi connectivity index (χ0) is 15.5. The van der Waals surface area contributed by atoms with E-state index in [9.17, 15) is 12.8 Å². The molecular weight excluding hydrogens is 295 g/mol. The van der Waals surface area contributed by atoms with Crippen molar-refractivity contribution in [2.75, 3.05) is 11.8 Å². The highest BCUT2D eigenvalue weighted by atomic mass is 32.2. The van der Waals surface area contributed by atoms with Crippen molar-refractivity contribution in [2.24, 2.45) is 0 Å². The fraction of sp³-hybridized carbons (Fsp3) is 0.0714. The van der Waals surface area contributed by atoms with Gasteiger partial charge in [-0.15, -0.1) is 0 Å². The topological polar surface area (TPSA) is 79.2 Å². The lowest BCUT2D eigenvalue weighted by atomic mass is 10.2. The zero-order valence-electron chi connectivity index (χ0n) is 11.0. The smallest absolute Gasteiger partial charge is 0.262 e. The highest BCUT2D eigenvalue weighted by Crippen LogP contribution is 2.27. The van der Waals surface area contributed by atoms with Gasteiger partial charge in [0.1, 0.15) is 11.6 Å². The Morgan fingerprint density at radius 1 is 1.19 bits per heavy atom. The number of sulfonamides is 1. The molecule has 2 aromatic rings. The number of nitrogens with one attached hydrogen (secondary N) is 1. The van der Waals surface area contributed by atoms with E-state index in [4.69, 9.17) is 10.00 Å². The number of benzene rings is 2. The van der Waals surface area contributed by atoms with Crippen LogP contribution in [0.3, 0.4) is 0 Å². The van der Waals surface area contributed by atoms with E-state index in [1.54, 1.807) is 0 Å². The van der Waals surface area contributed by atoms with Crippen LogP contribution in [0.4, 0.5) is 10.1 Å². The van der Waals surface area contributed by atoms with Gasteiger partial charge in [-0.2, -0.15) is 5.26 Å². The molecule has 21 heavy (non-hydrogen) atoms. The van der Waals surface area contributed by atoms with Gasteiger partial charge < -0.3 is 4.74 Å². The second kappa shape index (κ2) is 5.81. The van der Waals surface area contributed by atoms with Crippen LogP contribution in [0.5, 0.6) is 5.75 Å². The SMILES string of the molecule is COc1cc(C#N)ccc1NS(=O)(=O)c1ccc(F)cc1. The Kier molecular flexibility index (Phi) is 4.10. The van der Waals surface area contributed by atoms with Crippen LogP contribution in [-0.2, 0) is 10.0 Å². The van der Waals surface area contributed by atoms with Gasteiger partial charge in [-0.3, -0.25) is 4.72 Å². The molecule has 0 unspecified atom stereocenters. The minimum Gasteiger partial charge on any atom is -0.495 e. The van der Waals surface area contributed by atoms with E-state index in [0.29, 0.717) is 5.56 Å². The third-order valence-electron chi connectivity index (χ3n) is 2.70. The monoisotopic (exact) mass is 306 g/mol. The first-order valence-corrected chi connectivity index (χ1v) is 7.31. The molecule has 0 saturated heterocycles.